The van der Waals surface area contributed by atoms with Gasteiger partial charge in [-0.1, -0.05) is 30.3 Å². The maximum atomic E-state index is 12.7. The zero-order chi connectivity index (χ0) is 16.5. The van der Waals surface area contributed by atoms with Crippen LogP contribution in [0.2, 0.25) is 0 Å². The van der Waals surface area contributed by atoms with Crippen LogP contribution in [0.1, 0.15) is 21.6 Å². The molecule has 4 rings (SSSR count). The minimum absolute atomic E-state index is 0.0407. The van der Waals surface area contributed by atoms with E-state index < -0.39 is 0 Å². The molecule has 1 amide bonds. The summed E-state index contributed by atoms with van der Waals surface area (Å²) < 4.78 is 5.94. The van der Waals surface area contributed by atoms with Crippen LogP contribution in [0.15, 0.2) is 36.5 Å². The van der Waals surface area contributed by atoms with E-state index in [4.69, 9.17) is 4.74 Å². The van der Waals surface area contributed by atoms with Crippen molar-refractivity contribution in [1.82, 2.24) is 20.0 Å². The number of nitrogens with one attached hydrogen (secondary N) is 1. The van der Waals surface area contributed by atoms with Gasteiger partial charge in [-0.05, 0) is 12.5 Å². The minimum atomic E-state index is 0.0407. The van der Waals surface area contributed by atoms with E-state index >= 15 is 0 Å². The summed E-state index contributed by atoms with van der Waals surface area (Å²) in [4.78, 5) is 17.1. The average Bonchev–Trinajstić information content (AvgIpc) is 3.22. The van der Waals surface area contributed by atoms with E-state index in [2.05, 4.69) is 39.4 Å². The molecular formula is C18H22N4O2. The van der Waals surface area contributed by atoms with Gasteiger partial charge in [0.05, 0.1) is 30.5 Å². The van der Waals surface area contributed by atoms with Gasteiger partial charge in [0.25, 0.3) is 5.91 Å². The molecule has 126 valence electrons. The van der Waals surface area contributed by atoms with Crippen LogP contribution in [0, 0.1) is 6.92 Å². The number of amides is 1. The number of aromatic nitrogens is 2. The highest BCUT2D eigenvalue weighted by Crippen LogP contribution is 2.26. The van der Waals surface area contributed by atoms with Crippen molar-refractivity contribution in [1.29, 1.82) is 0 Å². The zero-order valence-corrected chi connectivity index (χ0v) is 13.8. The monoisotopic (exact) mass is 326 g/mol. The minimum Gasteiger partial charge on any atom is -0.373 e. The van der Waals surface area contributed by atoms with Gasteiger partial charge < -0.3 is 9.64 Å². The van der Waals surface area contributed by atoms with Gasteiger partial charge in [-0.25, -0.2) is 0 Å². The fourth-order valence-corrected chi connectivity index (χ4v) is 3.68. The van der Waals surface area contributed by atoms with Crippen molar-refractivity contribution in [3.8, 4) is 0 Å². The summed E-state index contributed by atoms with van der Waals surface area (Å²) in [5.41, 5.74) is 2.77. The van der Waals surface area contributed by atoms with Gasteiger partial charge in [0.1, 0.15) is 0 Å². The van der Waals surface area contributed by atoms with Crippen molar-refractivity contribution in [3.05, 3.63) is 53.3 Å². The molecule has 6 nitrogen and oxygen atoms in total. The third-order valence-electron chi connectivity index (χ3n) is 4.99. The van der Waals surface area contributed by atoms with Crippen LogP contribution >= 0.6 is 0 Å². The number of carbonyl (C=O) groups is 1. The van der Waals surface area contributed by atoms with Gasteiger partial charge in [-0.15, -0.1) is 0 Å². The number of aromatic amines is 1. The van der Waals surface area contributed by atoms with E-state index in [-0.39, 0.29) is 18.1 Å². The molecule has 0 unspecified atom stereocenters. The van der Waals surface area contributed by atoms with Gasteiger partial charge in [0, 0.05) is 31.9 Å². The largest absolute Gasteiger partial charge is 0.373 e. The predicted octanol–water partition coefficient (Wildman–Crippen LogP) is 1.44. The number of hydrogen-bond donors (Lipinski definition) is 1. The van der Waals surface area contributed by atoms with Crippen LogP contribution < -0.4 is 0 Å². The molecule has 1 aromatic carbocycles. The SMILES string of the molecule is Cc1[nH]ncc1C(=O)N1C[C@@H]2[C@@H](C1)OCCN2Cc1ccccc1. The van der Waals surface area contributed by atoms with Gasteiger partial charge in [0.2, 0.25) is 0 Å². The van der Waals surface area contributed by atoms with Gasteiger partial charge >= 0.3 is 0 Å². The molecule has 3 heterocycles. The lowest BCUT2D eigenvalue weighted by molar-refractivity contribution is -0.0503. The number of H-pyrrole nitrogens is 1. The summed E-state index contributed by atoms with van der Waals surface area (Å²) in [5.74, 6) is 0.0407. The highest BCUT2D eigenvalue weighted by Gasteiger charge is 2.42. The molecule has 1 N–H and O–H groups in total. The average molecular weight is 326 g/mol. The number of fused-ring (bicyclic) bond motifs is 1. The van der Waals surface area contributed by atoms with Crippen molar-refractivity contribution in [2.24, 2.45) is 0 Å². The summed E-state index contributed by atoms with van der Waals surface area (Å²) in [6.45, 7) is 5.77. The van der Waals surface area contributed by atoms with E-state index in [1.165, 1.54) is 5.56 Å². The van der Waals surface area contributed by atoms with Crippen molar-refractivity contribution >= 4 is 5.91 Å². The lowest BCUT2D eigenvalue weighted by Crippen LogP contribution is -2.50. The van der Waals surface area contributed by atoms with Crippen LogP contribution in [0.3, 0.4) is 0 Å². The highest BCUT2D eigenvalue weighted by atomic mass is 16.5. The van der Waals surface area contributed by atoms with Gasteiger partial charge in [0.15, 0.2) is 0 Å². The molecule has 0 spiro atoms. The Kier molecular flexibility index (Phi) is 4.08. The van der Waals surface area contributed by atoms with Crippen molar-refractivity contribution in [3.63, 3.8) is 0 Å². The Balaban J connectivity index is 1.48. The third kappa shape index (κ3) is 2.83. The van der Waals surface area contributed by atoms with Crippen LogP contribution in [0.4, 0.5) is 0 Å². The molecular weight excluding hydrogens is 304 g/mol. The van der Waals surface area contributed by atoms with E-state index in [0.717, 1.165) is 25.4 Å². The number of aryl methyl sites for hydroxylation is 1. The Morgan fingerprint density at radius 2 is 2.17 bits per heavy atom. The standard InChI is InChI=1S/C18H22N4O2/c1-13-15(9-19-20-13)18(23)22-11-16-17(12-22)24-8-7-21(16)10-14-5-3-2-4-6-14/h2-6,9,16-17H,7-8,10-12H2,1H3,(H,19,20)/t16-,17-/m1/s1. The number of likely N-dealkylation sites (tertiary alicyclic amines) is 1. The van der Waals surface area contributed by atoms with Crippen LogP contribution in [-0.4, -0.2) is 64.3 Å². The second kappa shape index (κ2) is 6.37. The zero-order valence-electron chi connectivity index (χ0n) is 13.8. The van der Waals surface area contributed by atoms with E-state index in [1.54, 1.807) is 6.20 Å². The first-order valence-electron chi connectivity index (χ1n) is 8.41. The first-order chi connectivity index (χ1) is 11.7. The smallest absolute Gasteiger partial charge is 0.257 e. The molecule has 24 heavy (non-hydrogen) atoms. The first-order valence-corrected chi connectivity index (χ1v) is 8.41. The quantitative estimate of drug-likeness (QED) is 0.927. The number of benzene rings is 1. The van der Waals surface area contributed by atoms with Crippen LogP contribution in [0.25, 0.3) is 0 Å². The molecule has 2 aromatic rings. The van der Waals surface area contributed by atoms with E-state index in [1.807, 2.05) is 17.9 Å². The topological polar surface area (TPSA) is 61.5 Å². The van der Waals surface area contributed by atoms with Crippen LogP contribution in [0.5, 0.6) is 0 Å². The van der Waals surface area contributed by atoms with E-state index in [9.17, 15) is 4.79 Å². The molecule has 2 saturated heterocycles. The number of ether oxygens (including phenoxy) is 1. The maximum absolute atomic E-state index is 12.7. The molecule has 0 aliphatic carbocycles. The fourth-order valence-electron chi connectivity index (χ4n) is 3.68. The van der Waals surface area contributed by atoms with Crippen LogP contribution in [-0.2, 0) is 11.3 Å². The normalized spacial score (nSPS) is 24.1. The number of nitrogens with zero attached hydrogens (tertiary/aromatic N) is 3. The second-order valence-electron chi connectivity index (χ2n) is 6.55. The summed E-state index contributed by atoms with van der Waals surface area (Å²) in [5, 5.41) is 6.80. The number of carbonyl (C=O) groups excluding carboxylic acids is 1. The third-order valence-corrected chi connectivity index (χ3v) is 4.99. The predicted molar refractivity (Wildman–Crippen MR) is 89.6 cm³/mol. The number of rotatable bonds is 3. The fraction of sp³-hybridized carbons (Fsp3) is 0.444. The Morgan fingerprint density at radius 3 is 2.92 bits per heavy atom. The molecule has 2 atom stereocenters. The molecule has 2 fully saturated rings. The summed E-state index contributed by atoms with van der Waals surface area (Å²) in [6, 6.07) is 10.7. The molecule has 2 aliphatic heterocycles. The summed E-state index contributed by atoms with van der Waals surface area (Å²) in [6.07, 6.45) is 1.71. The van der Waals surface area contributed by atoms with Crippen molar-refractivity contribution in [2.45, 2.75) is 25.6 Å². The van der Waals surface area contributed by atoms with Gasteiger partial charge in [-0.2, -0.15) is 5.10 Å². The Morgan fingerprint density at radius 1 is 1.33 bits per heavy atom. The second-order valence-corrected chi connectivity index (χ2v) is 6.55. The Labute approximate surface area is 141 Å². The summed E-state index contributed by atoms with van der Waals surface area (Å²) >= 11 is 0. The van der Waals surface area contributed by atoms with Crippen molar-refractivity contribution < 1.29 is 9.53 Å². The molecule has 2 aliphatic rings. The first kappa shape index (κ1) is 15.4. The number of hydrogen-bond acceptors (Lipinski definition) is 4. The highest BCUT2D eigenvalue weighted by molar-refractivity contribution is 5.95. The Hall–Kier alpha value is -2.18. The maximum Gasteiger partial charge on any atom is 0.257 e. The Bertz CT molecular complexity index is 715. The molecule has 6 heteroatoms. The molecule has 0 saturated carbocycles. The molecule has 0 radical (unpaired) electrons. The van der Waals surface area contributed by atoms with E-state index in [0.29, 0.717) is 18.7 Å². The molecule has 1 aromatic heterocycles. The lowest BCUT2D eigenvalue weighted by atomic mass is 10.1. The molecule has 0 bridgehead atoms. The summed E-state index contributed by atoms with van der Waals surface area (Å²) in [7, 11) is 0. The lowest BCUT2D eigenvalue weighted by Gasteiger charge is -2.36. The van der Waals surface area contributed by atoms with Crippen molar-refractivity contribution in [2.75, 3.05) is 26.2 Å². The van der Waals surface area contributed by atoms with Gasteiger partial charge in [-0.3, -0.25) is 14.8 Å². The number of morpholine rings is 1.